The zero-order chi connectivity index (χ0) is 17.9. The Kier molecular flexibility index (Phi) is 5.53. The summed E-state index contributed by atoms with van der Waals surface area (Å²) in [7, 11) is 0. The number of alkyl halides is 2. The largest absolute Gasteiger partial charge is 0.544 e. The van der Waals surface area contributed by atoms with E-state index < -0.39 is 24.0 Å². The van der Waals surface area contributed by atoms with Crippen molar-refractivity contribution in [1.29, 1.82) is 0 Å². The highest BCUT2D eigenvalue weighted by molar-refractivity contribution is 14.1. The minimum atomic E-state index is -4.37. The Balaban J connectivity index is 2.41. The molecule has 0 bridgehead atoms. The summed E-state index contributed by atoms with van der Waals surface area (Å²) in [6, 6.07) is 11.9. The molecule has 0 saturated heterocycles. The van der Waals surface area contributed by atoms with E-state index in [1.807, 2.05) is 22.6 Å². The normalized spacial score (nSPS) is 12.5. The first kappa shape index (κ1) is 18.3. The van der Waals surface area contributed by atoms with Crippen LogP contribution in [0.4, 0.5) is 8.78 Å². The fourth-order valence-corrected chi connectivity index (χ4v) is 2.56. The summed E-state index contributed by atoms with van der Waals surface area (Å²) in [5.41, 5.74) is 0.490. The molecule has 0 heterocycles. The summed E-state index contributed by atoms with van der Waals surface area (Å²) in [6.07, 6.45) is -2.28. The number of carboxylic acids is 1. The molecule has 2 aromatic rings. The molecule has 0 aliphatic rings. The van der Waals surface area contributed by atoms with E-state index in [0.29, 0.717) is 9.13 Å². The van der Waals surface area contributed by atoms with Gasteiger partial charge in [0.2, 0.25) is 0 Å². The number of hydrogen-bond acceptors (Lipinski definition) is 4. The maximum absolute atomic E-state index is 14.0. The number of carboxylic acid groups (broad SMARTS) is 1. The molecule has 4 nitrogen and oxygen atoms in total. The highest BCUT2D eigenvalue weighted by Gasteiger charge is 2.45. The molecule has 1 atom stereocenters. The summed E-state index contributed by atoms with van der Waals surface area (Å²) in [4.78, 5) is 23.1. The quantitative estimate of drug-likeness (QED) is 0.525. The van der Waals surface area contributed by atoms with Crippen molar-refractivity contribution in [2.24, 2.45) is 0 Å². The Morgan fingerprint density at radius 1 is 1.17 bits per heavy atom. The Labute approximate surface area is 150 Å². The molecule has 0 saturated carbocycles. The highest BCUT2D eigenvalue weighted by atomic mass is 127. The number of carbonyl (C=O) groups excluding carboxylic acids is 2. The number of hydrogen-bond donors (Lipinski definition) is 0. The summed E-state index contributed by atoms with van der Waals surface area (Å²) in [6.45, 7) is 1.63. The fraction of sp³-hybridized carbons (Fsp3) is 0.176. The Morgan fingerprint density at radius 3 is 2.38 bits per heavy atom. The molecule has 0 aliphatic carbocycles. The molecule has 0 spiro atoms. The van der Waals surface area contributed by atoms with Crippen LogP contribution in [0.5, 0.6) is 0 Å². The Bertz CT molecular complexity index is 762. The minimum Gasteiger partial charge on any atom is -0.544 e. The molecular formula is C17H12F2IO4-. The standard InChI is InChI=1S/C17H13F2IO4/c1-10-7-8-12(20)9-13(10)15(21)24-14(17(18,19)16(22)23)11-5-3-2-4-6-11/h2-9,14H,1H3,(H,22,23)/p-1. The molecule has 0 aliphatic heterocycles. The first-order valence-electron chi connectivity index (χ1n) is 6.85. The zero-order valence-corrected chi connectivity index (χ0v) is 14.6. The minimum absolute atomic E-state index is 0.0944. The number of benzene rings is 2. The number of esters is 1. The van der Waals surface area contributed by atoms with Crippen LogP contribution in [0.2, 0.25) is 0 Å². The van der Waals surface area contributed by atoms with E-state index in [1.165, 1.54) is 30.3 Å². The molecule has 7 heteroatoms. The molecule has 126 valence electrons. The average Bonchev–Trinajstić information content (AvgIpc) is 2.55. The van der Waals surface area contributed by atoms with Crippen LogP contribution in [0.1, 0.15) is 27.6 Å². The summed E-state index contributed by atoms with van der Waals surface area (Å²) in [5, 5.41) is 10.8. The van der Waals surface area contributed by atoms with E-state index in [4.69, 9.17) is 4.74 Å². The maximum atomic E-state index is 14.0. The lowest BCUT2D eigenvalue weighted by atomic mass is 10.0. The third-order valence-electron chi connectivity index (χ3n) is 3.35. The number of ether oxygens (including phenoxy) is 1. The summed E-state index contributed by atoms with van der Waals surface area (Å²) < 4.78 is 33.6. The highest BCUT2D eigenvalue weighted by Crippen LogP contribution is 2.35. The maximum Gasteiger partial charge on any atom is 0.339 e. The van der Waals surface area contributed by atoms with Gasteiger partial charge in [0, 0.05) is 3.57 Å². The number of aliphatic carboxylic acids is 1. The predicted molar refractivity (Wildman–Crippen MR) is 88.4 cm³/mol. The first-order valence-corrected chi connectivity index (χ1v) is 7.92. The van der Waals surface area contributed by atoms with E-state index in [9.17, 15) is 23.5 Å². The van der Waals surface area contributed by atoms with Crippen LogP contribution in [0, 0.1) is 10.5 Å². The zero-order valence-electron chi connectivity index (χ0n) is 12.5. The predicted octanol–water partition coefficient (Wildman–Crippen LogP) is 2.88. The van der Waals surface area contributed by atoms with Gasteiger partial charge in [0.15, 0.2) is 6.10 Å². The van der Waals surface area contributed by atoms with Crippen LogP contribution < -0.4 is 5.11 Å². The van der Waals surface area contributed by atoms with E-state index in [-0.39, 0.29) is 11.1 Å². The van der Waals surface area contributed by atoms with Gasteiger partial charge in [-0.3, -0.25) is 0 Å². The van der Waals surface area contributed by atoms with Crippen LogP contribution in [0.3, 0.4) is 0 Å². The average molecular weight is 445 g/mol. The van der Waals surface area contributed by atoms with Crippen LogP contribution in [-0.2, 0) is 9.53 Å². The van der Waals surface area contributed by atoms with E-state index >= 15 is 0 Å². The fourth-order valence-electron chi connectivity index (χ4n) is 2.07. The van der Waals surface area contributed by atoms with Crippen molar-refractivity contribution >= 4 is 34.5 Å². The van der Waals surface area contributed by atoms with Crippen molar-refractivity contribution in [3.05, 3.63) is 68.8 Å². The van der Waals surface area contributed by atoms with Gasteiger partial charge in [-0.1, -0.05) is 36.4 Å². The number of halogens is 3. The molecule has 0 amide bonds. The van der Waals surface area contributed by atoms with Crippen LogP contribution in [0.25, 0.3) is 0 Å². The molecule has 2 aromatic carbocycles. The summed E-state index contributed by atoms with van der Waals surface area (Å²) >= 11 is 1.97. The number of rotatable bonds is 5. The van der Waals surface area contributed by atoms with Gasteiger partial charge in [-0.2, -0.15) is 8.78 Å². The Hall–Kier alpha value is -2.03. The van der Waals surface area contributed by atoms with E-state index in [1.54, 1.807) is 25.1 Å². The third kappa shape index (κ3) is 3.89. The van der Waals surface area contributed by atoms with Crippen molar-refractivity contribution in [2.45, 2.75) is 19.0 Å². The monoisotopic (exact) mass is 445 g/mol. The van der Waals surface area contributed by atoms with Crippen molar-refractivity contribution < 1.29 is 28.2 Å². The molecule has 2 rings (SSSR count). The van der Waals surface area contributed by atoms with Gasteiger partial charge in [-0.25, -0.2) is 4.79 Å². The second-order valence-corrected chi connectivity index (χ2v) is 6.31. The molecule has 0 fully saturated rings. The second kappa shape index (κ2) is 7.25. The molecule has 0 radical (unpaired) electrons. The molecule has 24 heavy (non-hydrogen) atoms. The Morgan fingerprint density at radius 2 is 1.79 bits per heavy atom. The smallest absolute Gasteiger partial charge is 0.339 e. The second-order valence-electron chi connectivity index (χ2n) is 5.07. The van der Waals surface area contributed by atoms with Gasteiger partial charge < -0.3 is 14.6 Å². The van der Waals surface area contributed by atoms with Crippen LogP contribution in [0.15, 0.2) is 48.5 Å². The lowest BCUT2D eigenvalue weighted by Crippen LogP contribution is -2.47. The lowest BCUT2D eigenvalue weighted by molar-refractivity contribution is -0.336. The lowest BCUT2D eigenvalue weighted by Gasteiger charge is -2.27. The van der Waals surface area contributed by atoms with Crippen molar-refractivity contribution in [1.82, 2.24) is 0 Å². The topological polar surface area (TPSA) is 66.4 Å². The van der Waals surface area contributed by atoms with Gasteiger partial charge in [0.1, 0.15) is 5.97 Å². The first-order chi connectivity index (χ1) is 11.2. The van der Waals surface area contributed by atoms with Gasteiger partial charge >= 0.3 is 11.9 Å². The van der Waals surface area contributed by atoms with Gasteiger partial charge in [0.25, 0.3) is 0 Å². The third-order valence-corrected chi connectivity index (χ3v) is 4.02. The van der Waals surface area contributed by atoms with Crippen LogP contribution in [-0.4, -0.2) is 17.9 Å². The molecule has 0 aromatic heterocycles. The van der Waals surface area contributed by atoms with Gasteiger partial charge in [0.05, 0.1) is 5.56 Å². The van der Waals surface area contributed by atoms with Gasteiger partial charge in [-0.05, 0) is 52.8 Å². The SMILES string of the molecule is Cc1ccc(I)cc1C(=O)OC(c1ccccc1)C(F)(F)C(=O)[O-]. The van der Waals surface area contributed by atoms with E-state index in [0.717, 1.165) is 0 Å². The van der Waals surface area contributed by atoms with E-state index in [2.05, 4.69) is 0 Å². The van der Waals surface area contributed by atoms with Crippen molar-refractivity contribution in [3.8, 4) is 0 Å². The molecule has 1 unspecified atom stereocenters. The summed E-state index contributed by atoms with van der Waals surface area (Å²) in [5.74, 6) is -8.00. The van der Waals surface area contributed by atoms with Crippen molar-refractivity contribution in [3.63, 3.8) is 0 Å². The van der Waals surface area contributed by atoms with Gasteiger partial charge in [-0.15, -0.1) is 0 Å². The number of aryl methyl sites for hydroxylation is 1. The van der Waals surface area contributed by atoms with Crippen LogP contribution >= 0.6 is 22.6 Å². The van der Waals surface area contributed by atoms with Crippen molar-refractivity contribution in [2.75, 3.05) is 0 Å². The molecular weight excluding hydrogens is 433 g/mol. The number of carbonyl (C=O) groups is 2. The molecule has 0 N–H and O–H groups in total.